The van der Waals surface area contributed by atoms with Crippen molar-refractivity contribution in [2.45, 2.75) is 17.9 Å². The number of rotatable bonds is 6. The van der Waals surface area contributed by atoms with Crippen molar-refractivity contribution < 1.29 is 18.3 Å². The van der Waals surface area contributed by atoms with Gasteiger partial charge in [-0.3, -0.25) is 0 Å². The lowest BCUT2D eigenvalue weighted by Crippen LogP contribution is -1.90. The van der Waals surface area contributed by atoms with Gasteiger partial charge in [-0.05, 0) is 18.2 Å². The number of ether oxygens (including phenoxy) is 2. The SMILES string of the molecule is COc1ccc(-c2nnc(CSc3nnc(C)o3)o2)cc1OC. The summed E-state index contributed by atoms with van der Waals surface area (Å²) < 4.78 is 21.4. The third-order valence-electron chi connectivity index (χ3n) is 2.92. The molecule has 0 bridgehead atoms. The second-order valence-electron chi connectivity index (χ2n) is 4.45. The van der Waals surface area contributed by atoms with Crippen LogP contribution < -0.4 is 9.47 Å². The molecule has 0 spiro atoms. The van der Waals surface area contributed by atoms with Gasteiger partial charge in [0.25, 0.3) is 5.22 Å². The van der Waals surface area contributed by atoms with Crippen LogP contribution in [-0.2, 0) is 5.75 Å². The smallest absolute Gasteiger partial charge is 0.277 e. The lowest BCUT2D eigenvalue weighted by atomic mass is 10.2. The summed E-state index contributed by atoms with van der Waals surface area (Å²) in [5.74, 6) is 3.07. The van der Waals surface area contributed by atoms with Crippen LogP contribution in [0.25, 0.3) is 11.5 Å². The normalized spacial score (nSPS) is 10.7. The first-order valence-electron chi connectivity index (χ1n) is 6.67. The third-order valence-corrected chi connectivity index (χ3v) is 3.73. The van der Waals surface area contributed by atoms with Gasteiger partial charge in [-0.25, -0.2) is 0 Å². The predicted octanol–water partition coefficient (Wildman–Crippen LogP) is 2.74. The zero-order chi connectivity index (χ0) is 16.2. The third kappa shape index (κ3) is 3.45. The number of aryl methyl sites for hydroxylation is 1. The minimum absolute atomic E-state index is 0.406. The first-order valence-corrected chi connectivity index (χ1v) is 7.66. The fourth-order valence-electron chi connectivity index (χ4n) is 1.86. The first kappa shape index (κ1) is 15.3. The molecule has 3 rings (SSSR count). The maximum absolute atomic E-state index is 5.64. The Kier molecular flexibility index (Phi) is 4.47. The molecule has 1 aromatic carbocycles. The molecule has 9 heteroatoms. The Morgan fingerprint density at radius 3 is 2.52 bits per heavy atom. The van der Waals surface area contributed by atoms with Gasteiger partial charge in [0, 0.05) is 12.5 Å². The Morgan fingerprint density at radius 2 is 1.83 bits per heavy atom. The lowest BCUT2D eigenvalue weighted by molar-refractivity contribution is 0.355. The van der Waals surface area contributed by atoms with E-state index in [-0.39, 0.29) is 0 Å². The van der Waals surface area contributed by atoms with Crippen molar-refractivity contribution in [2.24, 2.45) is 0 Å². The van der Waals surface area contributed by atoms with Crippen molar-refractivity contribution in [3.8, 4) is 23.0 Å². The van der Waals surface area contributed by atoms with Gasteiger partial charge in [0.15, 0.2) is 11.5 Å². The van der Waals surface area contributed by atoms with E-state index >= 15 is 0 Å². The number of aromatic nitrogens is 4. The molecule has 23 heavy (non-hydrogen) atoms. The molecule has 0 atom stereocenters. The number of thioether (sulfide) groups is 1. The number of nitrogens with zero attached hydrogens (tertiary/aromatic N) is 4. The van der Waals surface area contributed by atoms with Crippen molar-refractivity contribution in [1.82, 2.24) is 20.4 Å². The first-order chi connectivity index (χ1) is 11.2. The Labute approximate surface area is 136 Å². The molecule has 0 aliphatic heterocycles. The minimum Gasteiger partial charge on any atom is -0.493 e. The number of hydrogen-bond donors (Lipinski definition) is 0. The monoisotopic (exact) mass is 334 g/mol. The van der Waals surface area contributed by atoms with E-state index in [1.165, 1.54) is 11.8 Å². The second-order valence-corrected chi connectivity index (χ2v) is 5.37. The molecule has 0 unspecified atom stereocenters. The minimum atomic E-state index is 0.406. The molecule has 120 valence electrons. The van der Waals surface area contributed by atoms with E-state index in [1.807, 2.05) is 6.07 Å². The molecule has 0 saturated heterocycles. The van der Waals surface area contributed by atoms with Crippen LogP contribution in [0.15, 0.2) is 32.3 Å². The van der Waals surface area contributed by atoms with Crippen molar-refractivity contribution in [1.29, 1.82) is 0 Å². The van der Waals surface area contributed by atoms with Crippen molar-refractivity contribution >= 4 is 11.8 Å². The maximum Gasteiger partial charge on any atom is 0.277 e. The topological polar surface area (TPSA) is 96.3 Å². The van der Waals surface area contributed by atoms with Gasteiger partial charge < -0.3 is 18.3 Å². The van der Waals surface area contributed by atoms with Crippen molar-refractivity contribution in [3.05, 3.63) is 30.0 Å². The molecular weight excluding hydrogens is 320 g/mol. The van der Waals surface area contributed by atoms with Gasteiger partial charge in [0.2, 0.25) is 17.7 Å². The number of hydrogen-bond acceptors (Lipinski definition) is 9. The highest BCUT2D eigenvalue weighted by Gasteiger charge is 2.13. The Hall–Kier alpha value is -2.55. The molecule has 0 aliphatic rings. The average molecular weight is 334 g/mol. The van der Waals surface area contributed by atoms with Crippen LogP contribution in [0.4, 0.5) is 0 Å². The van der Waals surface area contributed by atoms with Crippen LogP contribution in [-0.4, -0.2) is 34.6 Å². The molecule has 2 aromatic heterocycles. The molecule has 0 saturated carbocycles. The van der Waals surface area contributed by atoms with Crippen LogP contribution in [0.1, 0.15) is 11.8 Å². The summed E-state index contributed by atoms with van der Waals surface area (Å²) >= 11 is 1.34. The summed E-state index contributed by atoms with van der Waals surface area (Å²) in [7, 11) is 3.16. The molecule has 0 amide bonds. The molecule has 0 fully saturated rings. The quantitative estimate of drug-likeness (QED) is 0.630. The van der Waals surface area contributed by atoms with E-state index in [9.17, 15) is 0 Å². The van der Waals surface area contributed by atoms with E-state index in [4.69, 9.17) is 18.3 Å². The summed E-state index contributed by atoms with van der Waals surface area (Å²) in [5.41, 5.74) is 0.750. The molecule has 3 aromatic rings. The highest BCUT2D eigenvalue weighted by molar-refractivity contribution is 7.98. The van der Waals surface area contributed by atoms with E-state index in [0.717, 1.165) is 5.56 Å². The largest absolute Gasteiger partial charge is 0.493 e. The number of benzene rings is 1. The van der Waals surface area contributed by atoms with Crippen LogP contribution >= 0.6 is 11.8 Å². The van der Waals surface area contributed by atoms with Crippen LogP contribution in [0, 0.1) is 6.92 Å². The summed E-state index contributed by atoms with van der Waals surface area (Å²) in [4.78, 5) is 0. The second kappa shape index (κ2) is 6.69. The Balaban J connectivity index is 1.73. The van der Waals surface area contributed by atoms with E-state index in [1.54, 1.807) is 33.3 Å². The Bertz CT molecular complexity index is 802. The van der Waals surface area contributed by atoms with E-state index < -0.39 is 0 Å². The van der Waals surface area contributed by atoms with Gasteiger partial charge in [-0.2, -0.15) is 0 Å². The van der Waals surface area contributed by atoms with Gasteiger partial charge >= 0.3 is 0 Å². The van der Waals surface area contributed by atoms with Crippen molar-refractivity contribution in [2.75, 3.05) is 14.2 Å². The van der Waals surface area contributed by atoms with Gasteiger partial charge in [0.1, 0.15) is 0 Å². The summed E-state index contributed by atoms with van der Waals surface area (Å²) in [6.07, 6.45) is 0. The van der Waals surface area contributed by atoms with Gasteiger partial charge in [-0.1, -0.05) is 11.8 Å². The van der Waals surface area contributed by atoms with Crippen molar-refractivity contribution in [3.63, 3.8) is 0 Å². The molecule has 0 N–H and O–H groups in total. The average Bonchev–Trinajstić information content (AvgIpc) is 3.21. The lowest BCUT2D eigenvalue weighted by Gasteiger charge is -2.07. The molecule has 2 heterocycles. The molecule has 0 radical (unpaired) electrons. The van der Waals surface area contributed by atoms with Gasteiger partial charge in [-0.15, -0.1) is 20.4 Å². The summed E-state index contributed by atoms with van der Waals surface area (Å²) in [6, 6.07) is 5.39. The maximum atomic E-state index is 5.64. The highest BCUT2D eigenvalue weighted by Crippen LogP contribution is 2.32. The zero-order valence-electron chi connectivity index (χ0n) is 12.8. The summed E-state index contributed by atoms with van der Waals surface area (Å²) in [6.45, 7) is 1.74. The van der Waals surface area contributed by atoms with Gasteiger partial charge in [0.05, 0.1) is 20.0 Å². The van der Waals surface area contributed by atoms with Crippen LogP contribution in [0.2, 0.25) is 0 Å². The molecule has 0 aliphatic carbocycles. The highest BCUT2D eigenvalue weighted by atomic mass is 32.2. The standard InChI is InChI=1S/C14H14N4O4S/c1-8-15-18-14(21-8)23-7-12-16-17-13(22-12)9-4-5-10(19-2)11(6-9)20-3/h4-6H,7H2,1-3H3. The van der Waals surface area contributed by atoms with Crippen LogP contribution in [0.5, 0.6) is 11.5 Å². The summed E-state index contributed by atoms with van der Waals surface area (Å²) in [5, 5.41) is 16.2. The zero-order valence-corrected chi connectivity index (χ0v) is 13.6. The number of methoxy groups -OCH3 is 2. The fourth-order valence-corrected chi connectivity index (χ4v) is 2.50. The van der Waals surface area contributed by atoms with E-state index in [0.29, 0.717) is 40.1 Å². The predicted molar refractivity (Wildman–Crippen MR) is 81.4 cm³/mol. The molecule has 8 nitrogen and oxygen atoms in total. The molecular formula is C14H14N4O4S. The fraction of sp³-hybridized carbons (Fsp3) is 0.286. The Morgan fingerprint density at radius 1 is 1.00 bits per heavy atom. The van der Waals surface area contributed by atoms with Crippen LogP contribution in [0.3, 0.4) is 0 Å². The van der Waals surface area contributed by atoms with E-state index in [2.05, 4.69) is 20.4 Å².